The molecule has 0 bridgehead atoms. The van der Waals surface area contributed by atoms with E-state index in [0.29, 0.717) is 11.5 Å². The van der Waals surface area contributed by atoms with Gasteiger partial charge < -0.3 is 10.2 Å². The molecule has 1 aliphatic rings. The van der Waals surface area contributed by atoms with E-state index in [9.17, 15) is 0 Å². The van der Waals surface area contributed by atoms with E-state index in [2.05, 4.69) is 45.0 Å². The fourth-order valence-corrected chi connectivity index (χ4v) is 2.85. The standard InChI is InChI=1S/C15H32N2/c1-6-16-14(15(2,3)4)12-17(5)13-10-8-7-9-11-13/h13-14,16H,6-12H2,1-5H3. The number of likely N-dealkylation sites (N-methyl/N-ethyl adjacent to an activating group) is 2. The third kappa shape index (κ3) is 4.97. The summed E-state index contributed by atoms with van der Waals surface area (Å²) < 4.78 is 0. The molecule has 2 nitrogen and oxygen atoms in total. The van der Waals surface area contributed by atoms with E-state index in [4.69, 9.17) is 0 Å². The zero-order chi connectivity index (χ0) is 12.9. The lowest BCUT2D eigenvalue weighted by Crippen LogP contribution is -2.50. The van der Waals surface area contributed by atoms with Crippen molar-refractivity contribution < 1.29 is 0 Å². The van der Waals surface area contributed by atoms with Crippen molar-refractivity contribution in [1.82, 2.24) is 10.2 Å². The first kappa shape index (κ1) is 15.0. The van der Waals surface area contributed by atoms with Crippen molar-refractivity contribution in [3.8, 4) is 0 Å². The molecule has 1 aliphatic carbocycles. The molecule has 2 heteroatoms. The molecule has 0 aromatic rings. The maximum atomic E-state index is 3.65. The van der Waals surface area contributed by atoms with Crippen LogP contribution in [0.25, 0.3) is 0 Å². The molecule has 0 heterocycles. The van der Waals surface area contributed by atoms with Gasteiger partial charge in [-0.05, 0) is 31.8 Å². The monoisotopic (exact) mass is 240 g/mol. The van der Waals surface area contributed by atoms with E-state index >= 15 is 0 Å². The molecule has 1 fully saturated rings. The van der Waals surface area contributed by atoms with E-state index in [1.54, 1.807) is 0 Å². The van der Waals surface area contributed by atoms with Gasteiger partial charge in [-0.1, -0.05) is 47.0 Å². The average molecular weight is 240 g/mol. The molecule has 1 unspecified atom stereocenters. The summed E-state index contributed by atoms with van der Waals surface area (Å²) in [5.41, 5.74) is 0.346. The van der Waals surface area contributed by atoms with E-state index < -0.39 is 0 Å². The van der Waals surface area contributed by atoms with Crippen molar-refractivity contribution in [2.75, 3.05) is 20.1 Å². The summed E-state index contributed by atoms with van der Waals surface area (Å²) in [6, 6.07) is 1.42. The highest BCUT2D eigenvalue weighted by molar-refractivity contribution is 4.85. The predicted octanol–water partition coefficient (Wildman–Crippen LogP) is 3.28. The molecule has 0 saturated heterocycles. The largest absolute Gasteiger partial charge is 0.312 e. The van der Waals surface area contributed by atoms with Crippen LogP contribution < -0.4 is 5.32 Å². The van der Waals surface area contributed by atoms with Crippen LogP contribution in [0.2, 0.25) is 0 Å². The zero-order valence-corrected chi connectivity index (χ0v) is 12.6. The summed E-state index contributed by atoms with van der Waals surface area (Å²) in [5, 5.41) is 3.65. The molecule has 1 saturated carbocycles. The van der Waals surface area contributed by atoms with Crippen molar-refractivity contribution in [2.24, 2.45) is 5.41 Å². The van der Waals surface area contributed by atoms with Crippen molar-refractivity contribution in [3.63, 3.8) is 0 Å². The van der Waals surface area contributed by atoms with Gasteiger partial charge in [-0.2, -0.15) is 0 Å². The van der Waals surface area contributed by atoms with Gasteiger partial charge in [-0.15, -0.1) is 0 Å². The molecule has 102 valence electrons. The van der Waals surface area contributed by atoms with E-state index in [-0.39, 0.29) is 0 Å². The van der Waals surface area contributed by atoms with Crippen molar-refractivity contribution in [1.29, 1.82) is 0 Å². The fourth-order valence-electron chi connectivity index (χ4n) is 2.85. The Morgan fingerprint density at radius 3 is 2.24 bits per heavy atom. The SMILES string of the molecule is CCNC(CN(C)C1CCCCC1)C(C)(C)C. The van der Waals surface area contributed by atoms with Gasteiger partial charge >= 0.3 is 0 Å². The van der Waals surface area contributed by atoms with Crippen LogP contribution in [-0.2, 0) is 0 Å². The number of rotatable bonds is 5. The normalized spacial score (nSPS) is 20.8. The number of hydrogen-bond acceptors (Lipinski definition) is 2. The Kier molecular flexibility index (Phi) is 5.94. The summed E-state index contributed by atoms with van der Waals surface area (Å²) in [7, 11) is 2.31. The Hall–Kier alpha value is -0.0800. The average Bonchev–Trinajstić information content (AvgIpc) is 2.28. The fraction of sp³-hybridized carbons (Fsp3) is 1.00. The highest BCUT2D eigenvalue weighted by atomic mass is 15.2. The number of nitrogens with zero attached hydrogens (tertiary/aromatic N) is 1. The molecule has 1 atom stereocenters. The van der Waals surface area contributed by atoms with Crippen LogP contribution in [0.5, 0.6) is 0 Å². The smallest absolute Gasteiger partial charge is 0.0243 e. The lowest BCUT2D eigenvalue weighted by atomic mass is 9.85. The lowest BCUT2D eigenvalue weighted by molar-refractivity contribution is 0.137. The van der Waals surface area contributed by atoms with Crippen LogP contribution in [-0.4, -0.2) is 37.1 Å². The second kappa shape index (κ2) is 6.75. The van der Waals surface area contributed by atoms with Gasteiger partial charge in [0.1, 0.15) is 0 Å². The minimum atomic E-state index is 0.346. The molecule has 0 aromatic heterocycles. The van der Waals surface area contributed by atoms with Crippen molar-refractivity contribution >= 4 is 0 Å². The molecular weight excluding hydrogens is 208 g/mol. The lowest BCUT2D eigenvalue weighted by Gasteiger charge is -2.38. The maximum absolute atomic E-state index is 3.65. The van der Waals surface area contributed by atoms with Crippen LogP contribution in [0.3, 0.4) is 0 Å². The highest BCUT2D eigenvalue weighted by Crippen LogP contribution is 2.25. The maximum Gasteiger partial charge on any atom is 0.0243 e. The van der Waals surface area contributed by atoms with Gasteiger partial charge in [0, 0.05) is 18.6 Å². The Balaban J connectivity index is 2.47. The Bertz CT molecular complexity index is 201. The molecule has 17 heavy (non-hydrogen) atoms. The molecule has 0 radical (unpaired) electrons. The first-order chi connectivity index (χ1) is 7.95. The summed E-state index contributed by atoms with van der Waals surface area (Å²) in [6.07, 6.45) is 7.10. The molecule has 0 spiro atoms. The molecule has 1 rings (SSSR count). The minimum absolute atomic E-state index is 0.346. The van der Waals surface area contributed by atoms with E-state index in [0.717, 1.165) is 12.6 Å². The summed E-state index contributed by atoms with van der Waals surface area (Å²) in [5.74, 6) is 0. The van der Waals surface area contributed by atoms with Crippen LogP contribution in [0, 0.1) is 5.41 Å². The minimum Gasteiger partial charge on any atom is -0.312 e. The number of hydrogen-bond donors (Lipinski definition) is 1. The van der Waals surface area contributed by atoms with Gasteiger partial charge in [-0.3, -0.25) is 0 Å². The summed E-state index contributed by atoms with van der Waals surface area (Å²) in [4.78, 5) is 2.59. The Morgan fingerprint density at radius 2 is 1.76 bits per heavy atom. The quantitative estimate of drug-likeness (QED) is 0.793. The van der Waals surface area contributed by atoms with Gasteiger partial charge in [0.05, 0.1) is 0 Å². The third-order valence-electron chi connectivity index (χ3n) is 4.16. The van der Waals surface area contributed by atoms with Crippen molar-refractivity contribution in [2.45, 2.75) is 71.9 Å². The first-order valence-corrected chi connectivity index (χ1v) is 7.38. The van der Waals surface area contributed by atoms with E-state index in [1.165, 1.54) is 38.6 Å². The van der Waals surface area contributed by atoms with Gasteiger partial charge in [0.15, 0.2) is 0 Å². The number of nitrogens with one attached hydrogen (secondary N) is 1. The third-order valence-corrected chi connectivity index (χ3v) is 4.16. The Labute approximate surface area is 108 Å². The molecule has 0 aliphatic heterocycles. The topological polar surface area (TPSA) is 15.3 Å². The highest BCUT2D eigenvalue weighted by Gasteiger charge is 2.27. The first-order valence-electron chi connectivity index (χ1n) is 7.38. The zero-order valence-electron chi connectivity index (χ0n) is 12.6. The summed E-state index contributed by atoms with van der Waals surface area (Å²) in [6.45, 7) is 11.5. The second-order valence-corrected chi connectivity index (χ2v) is 6.71. The molecule has 1 N–H and O–H groups in total. The van der Waals surface area contributed by atoms with Crippen LogP contribution >= 0.6 is 0 Å². The van der Waals surface area contributed by atoms with Gasteiger partial charge in [0.25, 0.3) is 0 Å². The van der Waals surface area contributed by atoms with Crippen LogP contribution in [0.4, 0.5) is 0 Å². The molecular formula is C15H32N2. The predicted molar refractivity (Wildman–Crippen MR) is 76.4 cm³/mol. The Morgan fingerprint density at radius 1 is 1.18 bits per heavy atom. The van der Waals surface area contributed by atoms with E-state index in [1.807, 2.05) is 0 Å². The molecule has 0 aromatic carbocycles. The second-order valence-electron chi connectivity index (χ2n) is 6.71. The van der Waals surface area contributed by atoms with Crippen molar-refractivity contribution in [3.05, 3.63) is 0 Å². The van der Waals surface area contributed by atoms with Gasteiger partial charge in [0.2, 0.25) is 0 Å². The van der Waals surface area contributed by atoms with Gasteiger partial charge in [-0.25, -0.2) is 0 Å². The van der Waals surface area contributed by atoms with Crippen LogP contribution in [0.1, 0.15) is 59.8 Å². The van der Waals surface area contributed by atoms with Crippen LogP contribution in [0.15, 0.2) is 0 Å². The summed E-state index contributed by atoms with van der Waals surface area (Å²) >= 11 is 0. The molecule has 0 amide bonds.